The van der Waals surface area contributed by atoms with E-state index in [2.05, 4.69) is 11.2 Å². The summed E-state index contributed by atoms with van der Waals surface area (Å²) in [4.78, 5) is 39.3. The fourth-order valence-electron chi connectivity index (χ4n) is 3.56. The lowest BCUT2D eigenvalue weighted by Gasteiger charge is -2.26. The van der Waals surface area contributed by atoms with E-state index in [1.54, 1.807) is 36.4 Å². The molecule has 3 rings (SSSR count). The van der Waals surface area contributed by atoms with E-state index in [0.717, 1.165) is 11.3 Å². The Morgan fingerprint density at radius 3 is 2.24 bits per heavy atom. The molecule has 9 heteroatoms. The number of amides is 4. The van der Waals surface area contributed by atoms with Gasteiger partial charge in [-0.1, -0.05) is 25.0 Å². The smallest absolute Gasteiger partial charge is 0.331 e. The third-order valence-electron chi connectivity index (χ3n) is 5.19. The van der Waals surface area contributed by atoms with Crippen LogP contribution < -0.4 is 24.3 Å². The fraction of sp³-hybridized carbons (Fsp3) is 0.321. The number of hydrogen-bond donors (Lipinski definition) is 1. The molecule has 0 spiro atoms. The van der Waals surface area contributed by atoms with E-state index in [-0.39, 0.29) is 18.7 Å². The minimum Gasteiger partial charge on any atom is -0.490 e. The van der Waals surface area contributed by atoms with E-state index < -0.39 is 17.8 Å². The maximum absolute atomic E-state index is 13.2. The molecule has 1 fully saturated rings. The summed E-state index contributed by atoms with van der Waals surface area (Å²) in [5.74, 6) is 2.84. The SMILES string of the molecule is C#CCOc1ccc(/C=C2\C(=O)NC(=O)N(Cc3ccc(OCCC)c(OCC)c3)C2=O)cc1OCC. The first kappa shape index (κ1) is 27.1. The molecule has 1 aliphatic heterocycles. The van der Waals surface area contributed by atoms with Crippen LogP contribution in [0.5, 0.6) is 23.0 Å². The van der Waals surface area contributed by atoms with Crippen LogP contribution in [0.2, 0.25) is 0 Å². The molecule has 0 aliphatic carbocycles. The number of nitrogens with zero attached hydrogens (tertiary/aromatic N) is 1. The normalized spacial score (nSPS) is 14.3. The van der Waals surface area contributed by atoms with Gasteiger partial charge in [-0.05, 0) is 61.7 Å². The second-order valence-corrected chi connectivity index (χ2v) is 7.90. The van der Waals surface area contributed by atoms with Crippen LogP contribution in [-0.4, -0.2) is 49.2 Å². The van der Waals surface area contributed by atoms with Crippen molar-refractivity contribution in [2.45, 2.75) is 33.7 Å². The lowest BCUT2D eigenvalue weighted by Crippen LogP contribution is -2.53. The summed E-state index contributed by atoms with van der Waals surface area (Å²) in [5.41, 5.74) is 0.964. The van der Waals surface area contributed by atoms with Crippen molar-refractivity contribution in [1.29, 1.82) is 0 Å². The first-order chi connectivity index (χ1) is 17.9. The zero-order valence-electron chi connectivity index (χ0n) is 21.2. The number of terminal acetylenes is 1. The number of carbonyl (C=O) groups is 3. The van der Waals surface area contributed by atoms with Crippen LogP contribution in [0.15, 0.2) is 42.0 Å². The highest BCUT2D eigenvalue weighted by molar-refractivity contribution is 6.30. The van der Waals surface area contributed by atoms with Crippen molar-refractivity contribution in [2.24, 2.45) is 0 Å². The molecule has 0 bridgehead atoms. The maximum Gasteiger partial charge on any atom is 0.331 e. The molecule has 1 saturated heterocycles. The zero-order chi connectivity index (χ0) is 26.8. The molecule has 2 aromatic rings. The zero-order valence-corrected chi connectivity index (χ0v) is 21.2. The van der Waals surface area contributed by atoms with Crippen LogP contribution >= 0.6 is 0 Å². The minimum atomic E-state index is -0.801. The third-order valence-corrected chi connectivity index (χ3v) is 5.19. The van der Waals surface area contributed by atoms with Crippen LogP contribution in [0.1, 0.15) is 38.3 Å². The van der Waals surface area contributed by atoms with E-state index >= 15 is 0 Å². The molecule has 2 aromatic carbocycles. The minimum absolute atomic E-state index is 0.0630. The van der Waals surface area contributed by atoms with E-state index in [9.17, 15) is 14.4 Å². The summed E-state index contributed by atoms with van der Waals surface area (Å²) in [6.07, 6.45) is 7.50. The van der Waals surface area contributed by atoms with Crippen LogP contribution in [0.3, 0.4) is 0 Å². The second-order valence-electron chi connectivity index (χ2n) is 7.90. The molecular formula is C28H30N2O7. The van der Waals surface area contributed by atoms with Crippen molar-refractivity contribution >= 4 is 23.9 Å². The second kappa shape index (κ2) is 13.0. The van der Waals surface area contributed by atoms with Gasteiger partial charge < -0.3 is 18.9 Å². The standard InChI is InChI=1S/C28H30N2O7/c1-5-13-36-22-11-9-19(16-24(22)34-7-3)15-21-26(31)29-28(33)30(27(21)32)18-20-10-12-23(37-14-6-2)25(17-20)35-8-4/h1,9-12,15-17H,6-8,13-14,18H2,2-4H3,(H,29,31,33)/b21-15+. The number of benzene rings is 2. The summed E-state index contributed by atoms with van der Waals surface area (Å²) in [7, 11) is 0. The number of nitrogens with one attached hydrogen (secondary N) is 1. The molecule has 4 amide bonds. The first-order valence-corrected chi connectivity index (χ1v) is 12.0. The topological polar surface area (TPSA) is 103 Å². The highest BCUT2D eigenvalue weighted by Crippen LogP contribution is 2.31. The summed E-state index contributed by atoms with van der Waals surface area (Å²) >= 11 is 0. The molecule has 0 atom stereocenters. The van der Waals surface area contributed by atoms with Crippen LogP contribution in [0, 0.1) is 12.3 Å². The van der Waals surface area contributed by atoms with Crippen molar-refractivity contribution < 1.29 is 33.3 Å². The lowest BCUT2D eigenvalue weighted by atomic mass is 10.1. The highest BCUT2D eigenvalue weighted by Gasteiger charge is 2.35. The van der Waals surface area contributed by atoms with Crippen molar-refractivity contribution in [2.75, 3.05) is 26.4 Å². The number of barbiturate groups is 1. The van der Waals surface area contributed by atoms with E-state index in [0.29, 0.717) is 53.9 Å². The van der Waals surface area contributed by atoms with Gasteiger partial charge in [-0.2, -0.15) is 0 Å². The third kappa shape index (κ3) is 6.82. The molecule has 1 N–H and O–H groups in total. The van der Waals surface area contributed by atoms with Gasteiger partial charge in [-0.3, -0.25) is 19.8 Å². The Morgan fingerprint density at radius 1 is 0.892 bits per heavy atom. The van der Waals surface area contributed by atoms with Gasteiger partial charge in [-0.15, -0.1) is 6.42 Å². The molecule has 9 nitrogen and oxygen atoms in total. The Kier molecular flexibility index (Phi) is 9.55. The molecule has 1 aliphatic rings. The molecule has 194 valence electrons. The number of rotatable bonds is 12. The largest absolute Gasteiger partial charge is 0.490 e. The fourth-order valence-corrected chi connectivity index (χ4v) is 3.56. The Hall–Kier alpha value is -4.45. The molecular weight excluding hydrogens is 476 g/mol. The van der Waals surface area contributed by atoms with E-state index in [4.69, 9.17) is 25.4 Å². The maximum atomic E-state index is 13.2. The van der Waals surface area contributed by atoms with Gasteiger partial charge in [0, 0.05) is 0 Å². The molecule has 0 aromatic heterocycles. The van der Waals surface area contributed by atoms with E-state index in [1.807, 2.05) is 20.8 Å². The van der Waals surface area contributed by atoms with Gasteiger partial charge in [0.1, 0.15) is 12.2 Å². The quantitative estimate of drug-likeness (QED) is 0.264. The Bertz CT molecular complexity index is 1230. The Labute approximate surface area is 216 Å². The molecule has 37 heavy (non-hydrogen) atoms. The first-order valence-electron chi connectivity index (χ1n) is 12.0. The number of urea groups is 1. The summed E-state index contributed by atoms with van der Waals surface area (Å²) in [6, 6.07) is 9.34. The van der Waals surface area contributed by atoms with Gasteiger partial charge in [0.15, 0.2) is 23.0 Å². The molecule has 0 radical (unpaired) electrons. The predicted molar refractivity (Wildman–Crippen MR) is 137 cm³/mol. The highest BCUT2D eigenvalue weighted by atomic mass is 16.5. The van der Waals surface area contributed by atoms with Crippen molar-refractivity contribution in [1.82, 2.24) is 10.2 Å². The lowest BCUT2D eigenvalue weighted by molar-refractivity contribution is -0.130. The summed E-state index contributed by atoms with van der Waals surface area (Å²) in [5, 5.41) is 2.23. The van der Waals surface area contributed by atoms with Crippen LogP contribution in [0.25, 0.3) is 6.08 Å². The monoisotopic (exact) mass is 506 g/mol. The van der Waals surface area contributed by atoms with Crippen molar-refractivity contribution in [3.05, 3.63) is 53.1 Å². The van der Waals surface area contributed by atoms with Crippen LogP contribution in [-0.2, 0) is 16.1 Å². The summed E-state index contributed by atoms with van der Waals surface area (Å²) in [6.45, 7) is 7.00. The predicted octanol–water partition coefficient (Wildman–Crippen LogP) is 3.95. The Balaban J connectivity index is 1.87. The van der Waals surface area contributed by atoms with E-state index in [1.165, 1.54) is 6.08 Å². The van der Waals surface area contributed by atoms with Gasteiger partial charge in [0.25, 0.3) is 11.8 Å². The van der Waals surface area contributed by atoms with Crippen molar-refractivity contribution in [3.8, 4) is 35.3 Å². The molecule has 0 saturated carbocycles. The van der Waals surface area contributed by atoms with Gasteiger partial charge in [-0.25, -0.2) is 4.79 Å². The number of carbonyl (C=O) groups excluding carboxylic acids is 3. The average molecular weight is 507 g/mol. The molecule has 1 heterocycles. The van der Waals surface area contributed by atoms with Gasteiger partial charge in [0.05, 0.1) is 26.4 Å². The number of ether oxygens (including phenoxy) is 4. The van der Waals surface area contributed by atoms with Gasteiger partial charge >= 0.3 is 6.03 Å². The van der Waals surface area contributed by atoms with Crippen LogP contribution in [0.4, 0.5) is 4.79 Å². The Morgan fingerprint density at radius 2 is 1.57 bits per heavy atom. The number of hydrogen-bond acceptors (Lipinski definition) is 7. The number of imide groups is 2. The molecule has 0 unspecified atom stereocenters. The summed E-state index contributed by atoms with van der Waals surface area (Å²) < 4.78 is 22.5. The van der Waals surface area contributed by atoms with Gasteiger partial charge in [0.2, 0.25) is 0 Å². The average Bonchev–Trinajstić information content (AvgIpc) is 2.88. The van der Waals surface area contributed by atoms with Crippen molar-refractivity contribution in [3.63, 3.8) is 0 Å².